The first-order valence-electron chi connectivity index (χ1n) is 11.9. The standard InChI is InChI=1S/C25H29FN4O4/c1-2-34-24(31)19-14-28-23(27-13-15-6-4-3-5-7-15)22(30(32)33)21(19)29-20-17-8-16-9-18(20)12-25(26,10-16)11-17/h3-7,14,16-18,20H,2,8-13H2,1H3,(H2,27,28,29). The quantitative estimate of drug-likeness (QED) is 0.315. The Morgan fingerprint density at radius 1 is 1.24 bits per heavy atom. The maximum Gasteiger partial charge on any atom is 0.342 e. The molecular weight excluding hydrogens is 439 g/mol. The number of nitro groups is 1. The molecule has 0 radical (unpaired) electrons. The van der Waals surface area contributed by atoms with E-state index < -0.39 is 16.6 Å². The molecule has 180 valence electrons. The molecule has 8 nitrogen and oxygen atoms in total. The summed E-state index contributed by atoms with van der Waals surface area (Å²) in [5.41, 5.74) is -0.324. The smallest absolute Gasteiger partial charge is 0.342 e. The van der Waals surface area contributed by atoms with Crippen molar-refractivity contribution >= 4 is 23.2 Å². The molecule has 4 saturated carbocycles. The Morgan fingerprint density at radius 3 is 2.56 bits per heavy atom. The number of hydrogen-bond acceptors (Lipinski definition) is 7. The van der Waals surface area contributed by atoms with E-state index in [1.54, 1.807) is 6.92 Å². The number of carbonyl (C=O) groups excluding carboxylic acids is 1. The Bertz CT molecular complexity index is 1080. The van der Waals surface area contributed by atoms with E-state index in [0.29, 0.717) is 31.7 Å². The predicted octanol–water partition coefficient (Wildman–Crippen LogP) is 5.11. The lowest BCUT2D eigenvalue weighted by molar-refractivity contribution is -0.383. The van der Waals surface area contributed by atoms with Gasteiger partial charge in [0.1, 0.15) is 16.9 Å². The lowest BCUT2D eigenvalue weighted by Gasteiger charge is -2.57. The van der Waals surface area contributed by atoms with Crippen molar-refractivity contribution in [3.8, 4) is 0 Å². The third kappa shape index (κ3) is 4.19. The van der Waals surface area contributed by atoms with Crippen LogP contribution in [-0.4, -0.2) is 34.2 Å². The second-order valence-corrected chi connectivity index (χ2v) is 9.85. The monoisotopic (exact) mass is 468 g/mol. The summed E-state index contributed by atoms with van der Waals surface area (Å²) >= 11 is 0. The lowest BCUT2D eigenvalue weighted by atomic mass is 9.53. The van der Waals surface area contributed by atoms with E-state index >= 15 is 4.39 Å². The molecule has 1 aromatic carbocycles. The Hall–Kier alpha value is -3.23. The van der Waals surface area contributed by atoms with Crippen LogP contribution in [0.1, 0.15) is 54.9 Å². The fraction of sp³-hybridized carbons (Fsp3) is 0.520. The number of benzene rings is 1. The normalized spacial score (nSPS) is 29.0. The second kappa shape index (κ2) is 8.85. The molecular formula is C25H29FN4O4. The number of halogens is 1. The first kappa shape index (κ1) is 22.6. The number of nitrogens with one attached hydrogen (secondary N) is 2. The highest BCUT2D eigenvalue weighted by Crippen LogP contribution is 2.58. The molecule has 2 aromatic rings. The average Bonchev–Trinajstić information content (AvgIpc) is 2.79. The number of esters is 1. The zero-order chi connectivity index (χ0) is 23.9. The van der Waals surface area contributed by atoms with Crippen molar-refractivity contribution in [1.29, 1.82) is 0 Å². The maximum atomic E-state index is 15.2. The number of pyridine rings is 1. The molecule has 2 atom stereocenters. The van der Waals surface area contributed by atoms with Crippen LogP contribution in [0.15, 0.2) is 36.5 Å². The van der Waals surface area contributed by atoms with E-state index in [4.69, 9.17) is 4.74 Å². The predicted molar refractivity (Wildman–Crippen MR) is 125 cm³/mol. The summed E-state index contributed by atoms with van der Waals surface area (Å²) in [7, 11) is 0. The third-order valence-electron chi connectivity index (χ3n) is 7.54. The van der Waals surface area contributed by atoms with Gasteiger partial charge in [0, 0.05) is 18.8 Å². The number of hydrogen-bond donors (Lipinski definition) is 2. The number of aromatic nitrogens is 1. The number of nitrogens with zero attached hydrogens (tertiary/aromatic N) is 2. The number of rotatable bonds is 8. The Morgan fingerprint density at radius 2 is 1.94 bits per heavy atom. The summed E-state index contributed by atoms with van der Waals surface area (Å²) in [5.74, 6) is -0.0450. The summed E-state index contributed by atoms with van der Waals surface area (Å²) in [6, 6.07) is 9.36. The average molecular weight is 469 g/mol. The molecule has 2 N–H and O–H groups in total. The molecule has 2 unspecified atom stereocenters. The molecule has 34 heavy (non-hydrogen) atoms. The van der Waals surface area contributed by atoms with Crippen LogP contribution in [0, 0.1) is 27.9 Å². The van der Waals surface area contributed by atoms with Gasteiger partial charge in [-0.15, -0.1) is 0 Å². The zero-order valence-corrected chi connectivity index (χ0v) is 19.1. The van der Waals surface area contributed by atoms with Gasteiger partial charge >= 0.3 is 11.7 Å². The van der Waals surface area contributed by atoms with Crippen LogP contribution in [0.5, 0.6) is 0 Å². The fourth-order valence-corrected chi connectivity index (χ4v) is 6.43. The molecule has 4 bridgehead atoms. The highest BCUT2D eigenvalue weighted by molar-refractivity contribution is 5.99. The molecule has 4 fully saturated rings. The second-order valence-electron chi connectivity index (χ2n) is 9.85. The van der Waals surface area contributed by atoms with Crippen LogP contribution in [0.3, 0.4) is 0 Å². The number of carbonyl (C=O) groups is 1. The van der Waals surface area contributed by atoms with Crippen LogP contribution >= 0.6 is 0 Å². The van der Waals surface area contributed by atoms with E-state index in [2.05, 4.69) is 15.6 Å². The number of anilines is 2. The highest BCUT2D eigenvalue weighted by atomic mass is 19.1. The molecule has 0 spiro atoms. The van der Waals surface area contributed by atoms with Gasteiger partial charge in [-0.2, -0.15) is 0 Å². The molecule has 9 heteroatoms. The number of alkyl halides is 1. The number of ether oxygens (including phenoxy) is 1. The molecule has 0 aliphatic heterocycles. The van der Waals surface area contributed by atoms with Gasteiger partial charge in [-0.25, -0.2) is 14.2 Å². The van der Waals surface area contributed by atoms with E-state index in [9.17, 15) is 14.9 Å². The Labute approximate surface area is 197 Å². The summed E-state index contributed by atoms with van der Waals surface area (Å²) in [6.07, 6.45) is 4.70. The third-order valence-corrected chi connectivity index (χ3v) is 7.54. The van der Waals surface area contributed by atoms with E-state index in [-0.39, 0.29) is 47.2 Å². The van der Waals surface area contributed by atoms with Crippen LogP contribution in [0.25, 0.3) is 0 Å². The summed E-state index contributed by atoms with van der Waals surface area (Å²) in [5, 5.41) is 18.7. The van der Waals surface area contributed by atoms with Gasteiger partial charge in [-0.05, 0) is 62.3 Å². The van der Waals surface area contributed by atoms with Gasteiger partial charge in [-0.1, -0.05) is 30.3 Å². The summed E-state index contributed by atoms with van der Waals surface area (Å²) in [4.78, 5) is 28.7. The van der Waals surface area contributed by atoms with Gasteiger partial charge in [0.25, 0.3) is 0 Å². The zero-order valence-electron chi connectivity index (χ0n) is 19.1. The Balaban J connectivity index is 1.50. The van der Waals surface area contributed by atoms with Crippen molar-refractivity contribution in [1.82, 2.24) is 4.98 Å². The van der Waals surface area contributed by atoms with Gasteiger partial charge in [0.05, 0.1) is 11.5 Å². The van der Waals surface area contributed by atoms with Gasteiger partial charge in [0.2, 0.25) is 5.82 Å². The van der Waals surface area contributed by atoms with Gasteiger partial charge in [-0.3, -0.25) is 10.1 Å². The maximum absolute atomic E-state index is 15.2. The van der Waals surface area contributed by atoms with E-state index in [1.807, 2.05) is 30.3 Å². The van der Waals surface area contributed by atoms with E-state index in [1.165, 1.54) is 6.20 Å². The first-order chi connectivity index (χ1) is 16.4. The van der Waals surface area contributed by atoms with Crippen molar-refractivity contribution in [2.45, 2.75) is 57.3 Å². The molecule has 4 aliphatic carbocycles. The lowest BCUT2D eigenvalue weighted by Crippen LogP contribution is -2.57. The summed E-state index contributed by atoms with van der Waals surface area (Å²) in [6.45, 7) is 2.16. The topological polar surface area (TPSA) is 106 Å². The minimum atomic E-state index is -1.12. The van der Waals surface area contributed by atoms with Crippen LogP contribution in [-0.2, 0) is 11.3 Å². The molecule has 0 amide bonds. The van der Waals surface area contributed by atoms with Crippen molar-refractivity contribution in [2.24, 2.45) is 17.8 Å². The molecule has 1 aromatic heterocycles. The van der Waals surface area contributed by atoms with Crippen molar-refractivity contribution in [3.05, 3.63) is 57.8 Å². The largest absolute Gasteiger partial charge is 0.462 e. The highest BCUT2D eigenvalue weighted by Gasteiger charge is 2.56. The minimum Gasteiger partial charge on any atom is -0.462 e. The van der Waals surface area contributed by atoms with Crippen LogP contribution in [0.2, 0.25) is 0 Å². The van der Waals surface area contributed by atoms with Gasteiger partial charge < -0.3 is 15.4 Å². The van der Waals surface area contributed by atoms with Crippen LogP contribution in [0.4, 0.5) is 21.6 Å². The Kier molecular flexibility index (Phi) is 5.87. The molecule has 4 aliphatic rings. The summed E-state index contributed by atoms with van der Waals surface area (Å²) < 4.78 is 20.4. The van der Waals surface area contributed by atoms with Crippen molar-refractivity contribution < 1.29 is 18.8 Å². The van der Waals surface area contributed by atoms with Gasteiger partial charge in [0.15, 0.2) is 0 Å². The molecule has 0 saturated heterocycles. The van der Waals surface area contributed by atoms with E-state index in [0.717, 1.165) is 18.4 Å². The first-order valence-corrected chi connectivity index (χ1v) is 11.9. The molecule has 1 heterocycles. The van der Waals surface area contributed by atoms with Crippen molar-refractivity contribution in [3.63, 3.8) is 0 Å². The fourth-order valence-electron chi connectivity index (χ4n) is 6.43. The van der Waals surface area contributed by atoms with Crippen LogP contribution < -0.4 is 10.6 Å². The SMILES string of the molecule is CCOC(=O)c1cnc(NCc2ccccc2)c([N+](=O)[O-])c1NC1C2CC3CC1CC(F)(C3)C2. The molecule has 6 rings (SSSR count). The van der Waals surface area contributed by atoms with Crippen molar-refractivity contribution in [2.75, 3.05) is 17.2 Å². The minimum absolute atomic E-state index is 0.0302.